The first-order chi connectivity index (χ1) is 18.8. The summed E-state index contributed by atoms with van der Waals surface area (Å²) in [6.07, 6.45) is 1.24. The minimum absolute atomic E-state index is 0.00308. The number of barbiturate groups is 1. The molecule has 0 atom stereocenters. The summed E-state index contributed by atoms with van der Waals surface area (Å²) >= 11 is 0. The molecule has 0 aliphatic carbocycles. The van der Waals surface area contributed by atoms with Crippen LogP contribution in [0, 0.1) is 5.82 Å². The van der Waals surface area contributed by atoms with Gasteiger partial charge in [-0.2, -0.15) is 0 Å². The van der Waals surface area contributed by atoms with Gasteiger partial charge in [0.15, 0.2) is 29.6 Å². The maximum absolute atomic E-state index is 13.4. The van der Waals surface area contributed by atoms with E-state index in [1.54, 1.807) is 24.3 Å². The van der Waals surface area contributed by atoms with Gasteiger partial charge in [0, 0.05) is 17.3 Å². The lowest BCUT2D eigenvalue weighted by Gasteiger charge is -2.26. The van der Waals surface area contributed by atoms with Crippen molar-refractivity contribution >= 4 is 41.2 Å². The molecular formula is C27H20FN3O8. The molecule has 1 fully saturated rings. The van der Waals surface area contributed by atoms with E-state index in [1.165, 1.54) is 49.6 Å². The fourth-order valence-corrected chi connectivity index (χ4v) is 3.90. The van der Waals surface area contributed by atoms with Gasteiger partial charge in [0.2, 0.25) is 6.79 Å². The van der Waals surface area contributed by atoms with E-state index in [4.69, 9.17) is 18.9 Å². The molecule has 0 radical (unpaired) electrons. The number of anilines is 2. The standard InChI is InChI=1S/C27H20FN3O8/c1-36-21-4-2-3-15(24(21)37-13-23(32)29-17-7-5-16(28)6-8-17)11-19-25(33)30-27(35)31(26(19)34)18-9-10-20-22(12-18)39-14-38-20/h2-12H,13-14H2,1H3,(H,29,32)(H,30,33,35). The summed E-state index contributed by atoms with van der Waals surface area (Å²) in [5.41, 5.74) is 0.411. The van der Waals surface area contributed by atoms with Crippen LogP contribution in [-0.2, 0) is 14.4 Å². The van der Waals surface area contributed by atoms with E-state index < -0.39 is 36.2 Å². The molecule has 2 aliphatic rings. The quantitative estimate of drug-likeness (QED) is 0.350. The van der Waals surface area contributed by atoms with Crippen LogP contribution >= 0.6 is 0 Å². The largest absolute Gasteiger partial charge is 0.493 e. The van der Waals surface area contributed by atoms with Crippen molar-refractivity contribution in [3.05, 3.63) is 77.6 Å². The van der Waals surface area contributed by atoms with Crippen LogP contribution in [0.1, 0.15) is 5.56 Å². The number of ether oxygens (including phenoxy) is 4. The molecule has 0 unspecified atom stereocenters. The van der Waals surface area contributed by atoms with E-state index in [1.807, 2.05) is 0 Å². The van der Waals surface area contributed by atoms with Crippen molar-refractivity contribution in [2.75, 3.05) is 30.7 Å². The monoisotopic (exact) mass is 533 g/mol. The molecular weight excluding hydrogens is 513 g/mol. The Kier molecular flexibility index (Phi) is 6.83. The van der Waals surface area contributed by atoms with Gasteiger partial charge in [0.1, 0.15) is 11.4 Å². The average Bonchev–Trinajstić information content (AvgIpc) is 3.39. The van der Waals surface area contributed by atoms with Crippen LogP contribution in [0.2, 0.25) is 0 Å². The molecule has 198 valence electrons. The highest BCUT2D eigenvalue weighted by Crippen LogP contribution is 2.37. The second-order valence-electron chi connectivity index (χ2n) is 8.22. The summed E-state index contributed by atoms with van der Waals surface area (Å²) < 4.78 is 34.7. The first-order valence-electron chi connectivity index (χ1n) is 11.5. The van der Waals surface area contributed by atoms with Crippen molar-refractivity contribution in [1.29, 1.82) is 0 Å². The number of amides is 5. The number of nitrogens with zero attached hydrogens (tertiary/aromatic N) is 1. The molecule has 0 aromatic heterocycles. The van der Waals surface area contributed by atoms with Gasteiger partial charge >= 0.3 is 6.03 Å². The zero-order valence-corrected chi connectivity index (χ0v) is 20.4. The number of urea groups is 1. The number of hydrogen-bond donors (Lipinski definition) is 2. The molecule has 2 aliphatic heterocycles. The highest BCUT2D eigenvalue weighted by Gasteiger charge is 2.37. The topological polar surface area (TPSA) is 133 Å². The molecule has 5 rings (SSSR count). The van der Waals surface area contributed by atoms with E-state index >= 15 is 0 Å². The summed E-state index contributed by atoms with van der Waals surface area (Å²) in [5.74, 6) is -1.68. The van der Waals surface area contributed by atoms with Gasteiger partial charge in [-0.3, -0.25) is 19.7 Å². The SMILES string of the molecule is COc1cccc(C=C2C(=O)NC(=O)N(c3ccc4c(c3)OCO4)C2=O)c1OCC(=O)Nc1ccc(F)cc1. The van der Waals surface area contributed by atoms with Crippen molar-refractivity contribution in [3.63, 3.8) is 0 Å². The number of nitrogens with one attached hydrogen (secondary N) is 2. The molecule has 3 aromatic carbocycles. The zero-order chi connectivity index (χ0) is 27.5. The Morgan fingerprint density at radius 2 is 1.85 bits per heavy atom. The van der Waals surface area contributed by atoms with Crippen LogP contribution in [0.4, 0.5) is 20.6 Å². The molecule has 3 aromatic rings. The van der Waals surface area contributed by atoms with Crippen LogP contribution in [0.5, 0.6) is 23.0 Å². The number of imide groups is 2. The summed E-state index contributed by atoms with van der Waals surface area (Å²) in [6.45, 7) is -0.459. The van der Waals surface area contributed by atoms with Crippen LogP contribution in [0.15, 0.2) is 66.2 Å². The van der Waals surface area contributed by atoms with E-state index in [9.17, 15) is 23.6 Å². The number of hydrogen-bond acceptors (Lipinski definition) is 8. The van der Waals surface area contributed by atoms with Crippen LogP contribution in [-0.4, -0.2) is 44.3 Å². The van der Waals surface area contributed by atoms with Crippen molar-refractivity contribution in [3.8, 4) is 23.0 Å². The fraction of sp³-hybridized carbons (Fsp3) is 0.111. The Balaban J connectivity index is 1.41. The molecule has 2 N–H and O–H groups in total. The molecule has 12 heteroatoms. The third-order valence-electron chi connectivity index (χ3n) is 5.72. The lowest BCUT2D eigenvalue weighted by molar-refractivity contribution is -0.122. The van der Waals surface area contributed by atoms with Crippen molar-refractivity contribution in [1.82, 2.24) is 5.32 Å². The third kappa shape index (κ3) is 5.21. The van der Waals surface area contributed by atoms with E-state index in [2.05, 4.69) is 10.6 Å². The number of halogens is 1. The van der Waals surface area contributed by atoms with Gasteiger partial charge < -0.3 is 24.3 Å². The summed E-state index contributed by atoms with van der Waals surface area (Å²) in [6, 6.07) is 13.5. The Hall–Kier alpha value is -5.39. The number of rotatable bonds is 7. The Morgan fingerprint density at radius 1 is 1.08 bits per heavy atom. The Bertz CT molecular complexity index is 1520. The molecule has 0 bridgehead atoms. The van der Waals surface area contributed by atoms with Gasteiger partial charge in [0.05, 0.1) is 12.8 Å². The average molecular weight is 533 g/mol. The van der Waals surface area contributed by atoms with Crippen molar-refractivity contribution in [2.45, 2.75) is 0 Å². The summed E-state index contributed by atoms with van der Waals surface area (Å²) in [7, 11) is 1.39. The van der Waals surface area contributed by atoms with Gasteiger partial charge in [-0.25, -0.2) is 14.1 Å². The molecule has 39 heavy (non-hydrogen) atoms. The lowest BCUT2D eigenvalue weighted by Crippen LogP contribution is -2.54. The molecule has 0 spiro atoms. The summed E-state index contributed by atoms with van der Waals surface area (Å²) in [4.78, 5) is 51.9. The highest BCUT2D eigenvalue weighted by atomic mass is 19.1. The maximum atomic E-state index is 13.4. The molecule has 11 nitrogen and oxygen atoms in total. The molecule has 5 amide bonds. The predicted octanol–water partition coefficient (Wildman–Crippen LogP) is 3.25. The second kappa shape index (κ2) is 10.5. The second-order valence-corrected chi connectivity index (χ2v) is 8.22. The van der Waals surface area contributed by atoms with E-state index in [0.29, 0.717) is 17.2 Å². The zero-order valence-electron chi connectivity index (χ0n) is 20.4. The van der Waals surface area contributed by atoms with Crippen molar-refractivity contribution in [2.24, 2.45) is 0 Å². The Labute approximate surface area is 220 Å². The van der Waals surface area contributed by atoms with Gasteiger partial charge in [-0.1, -0.05) is 12.1 Å². The third-order valence-corrected chi connectivity index (χ3v) is 5.72. The number of carbonyl (C=O) groups is 4. The minimum atomic E-state index is -0.930. The molecule has 0 saturated carbocycles. The van der Waals surface area contributed by atoms with Gasteiger partial charge in [0.25, 0.3) is 17.7 Å². The van der Waals surface area contributed by atoms with E-state index in [0.717, 1.165) is 4.90 Å². The molecule has 2 heterocycles. The molecule has 1 saturated heterocycles. The van der Waals surface area contributed by atoms with Crippen molar-refractivity contribution < 1.29 is 42.5 Å². The number of benzene rings is 3. The normalized spacial score (nSPS) is 15.3. The van der Waals surface area contributed by atoms with Gasteiger partial charge in [-0.15, -0.1) is 0 Å². The first-order valence-corrected chi connectivity index (χ1v) is 11.5. The number of fused-ring (bicyclic) bond motifs is 1. The van der Waals surface area contributed by atoms with Crippen LogP contribution in [0.25, 0.3) is 6.08 Å². The predicted molar refractivity (Wildman–Crippen MR) is 135 cm³/mol. The number of carbonyl (C=O) groups excluding carboxylic acids is 4. The maximum Gasteiger partial charge on any atom is 0.335 e. The van der Waals surface area contributed by atoms with Crippen LogP contribution < -0.4 is 34.5 Å². The highest BCUT2D eigenvalue weighted by molar-refractivity contribution is 6.39. The van der Waals surface area contributed by atoms with Crippen LogP contribution in [0.3, 0.4) is 0 Å². The minimum Gasteiger partial charge on any atom is -0.493 e. The lowest BCUT2D eigenvalue weighted by atomic mass is 10.1. The smallest absolute Gasteiger partial charge is 0.335 e. The van der Waals surface area contributed by atoms with Gasteiger partial charge in [-0.05, 0) is 48.5 Å². The summed E-state index contributed by atoms with van der Waals surface area (Å²) in [5, 5.41) is 4.72. The number of methoxy groups -OCH3 is 1. The fourth-order valence-electron chi connectivity index (χ4n) is 3.90. The Morgan fingerprint density at radius 3 is 2.62 bits per heavy atom. The first kappa shape index (κ1) is 25.3. The van der Waals surface area contributed by atoms with E-state index in [-0.39, 0.29) is 35.1 Å². The number of para-hydroxylation sites is 1.